The maximum absolute atomic E-state index is 12.0. The maximum Gasteiger partial charge on any atom is 0.410 e. The van der Waals surface area contributed by atoms with Gasteiger partial charge in [0.25, 0.3) is 0 Å². The van der Waals surface area contributed by atoms with E-state index in [1.807, 2.05) is 32.9 Å². The van der Waals surface area contributed by atoms with Gasteiger partial charge in [-0.05, 0) is 32.9 Å². The van der Waals surface area contributed by atoms with Crippen LogP contribution < -0.4 is 5.32 Å². The minimum absolute atomic E-state index is 0.138. The van der Waals surface area contributed by atoms with Crippen LogP contribution in [0.15, 0.2) is 12.1 Å². The van der Waals surface area contributed by atoms with Gasteiger partial charge in [0.1, 0.15) is 5.60 Å². The van der Waals surface area contributed by atoms with Crippen LogP contribution >= 0.6 is 22.9 Å². The van der Waals surface area contributed by atoms with Gasteiger partial charge in [0.05, 0.1) is 10.4 Å². The van der Waals surface area contributed by atoms with Crippen molar-refractivity contribution < 1.29 is 9.53 Å². The summed E-state index contributed by atoms with van der Waals surface area (Å²) in [6, 6.07) is 4.03. The summed E-state index contributed by atoms with van der Waals surface area (Å²) in [6.45, 7) is 7.69. The first-order valence-electron chi connectivity index (χ1n) is 6.32. The van der Waals surface area contributed by atoms with Crippen molar-refractivity contribution in [1.29, 1.82) is 0 Å². The average Bonchev–Trinajstić information content (AvgIpc) is 2.74. The molecule has 1 N–H and O–H groups in total. The first kappa shape index (κ1) is 14.6. The lowest BCUT2D eigenvalue weighted by atomic mass is 10.2. The van der Waals surface area contributed by atoms with Crippen LogP contribution in [-0.4, -0.2) is 36.2 Å². The highest BCUT2D eigenvalue weighted by molar-refractivity contribution is 7.16. The van der Waals surface area contributed by atoms with E-state index in [4.69, 9.17) is 16.3 Å². The van der Waals surface area contributed by atoms with Crippen molar-refractivity contribution in [3.05, 3.63) is 21.3 Å². The monoisotopic (exact) mass is 302 g/mol. The molecule has 1 atom stereocenters. The number of hydrogen-bond acceptors (Lipinski definition) is 4. The van der Waals surface area contributed by atoms with Gasteiger partial charge in [0, 0.05) is 24.5 Å². The number of carbonyl (C=O) groups is 1. The molecule has 0 saturated carbocycles. The van der Waals surface area contributed by atoms with Crippen molar-refractivity contribution in [3.63, 3.8) is 0 Å². The van der Waals surface area contributed by atoms with Crippen LogP contribution in [0.5, 0.6) is 0 Å². The molecule has 2 rings (SSSR count). The van der Waals surface area contributed by atoms with E-state index in [0.29, 0.717) is 13.1 Å². The summed E-state index contributed by atoms with van der Waals surface area (Å²) in [5, 5.41) is 3.40. The highest BCUT2D eigenvalue weighted by Crippen LogP contribution is 2.28. The number of carbonyl (C=O) groups excluding carboxylic acids is 1. The molecule has 1 aromatic heterocycles. The molecule has 1 fully saturated rings. The largest absolute Gasteiger partial charge is 0.444 e. The third-order valence-electron chi connectivity index (χ3n) is 2.76. The Bertz CT molecular complexity index is 456. The van der Waals surface area contributed by atoms with Crippen molar-refractivity contribution in [2.45, 2.75) is 32.4 Å². The zero-order valence-electron chi connectivity index (χ0n) is 11.4. The van der Waals surface area contributed by atoms with Crippen LogP contribution in [0.25, 0.3) is 0 Å². The standard InChI is InChI=1S/C13H19ClN2O2S/c1-13(2,3)18-12(17)16-7-6-15-9(8-16)10-4-5-11(14)19-10/h4-5,9,15H,6-8H2,1-3H3. The zero-order chi connectivity index (χ0) is 14.0. The summed E-state index contributed by atoms with van der Waals surface area (Å²) in [7, 11) is 0. The van der Waals surface area contributed by atoms with Crippen LogP contribution in [0, 0.1) is 0 Å². The molecule has 1 unspecified atom stereocenters. The number of rotatable bonds is 1. The smallest absolute Gasteiger partial charge is 0.410 e. The van der Waals surface area contributed by atoms with Crippen molar-refractivity contribution in [1.82, 2.24) is 10.2 Å². The summed E-state index contributed by atoms with van der Waals surface area (Å²) < 4.78 is 6.17. The van der Waals surface area contributed by atoms with Gasteiger partial charge < -0.3 is 15.0 Å². The summed E-state index contributed by atoms with van der Waals surface area (Å²) in [6.07, 6.45) is -0.248. The first-order chi connectivity index (χ1) is 8.85. The number of thiophene rings is 1. The van der Waals surface area contributed by atoms with Crippen LogP contribution in [0.2, 0.25) is 4.34 Å². The summed E-state index contributed by atoms with van der Waals surface area (Å²) in [4.78, 5) is 15.0. The Kier molecular flexibility index (Phi) is 4.38. The second-order valence-electron chi connectivity index (χ2n) is 5.57. The molecule has 1 saturated heterocycles. The number of nitrogens with one attached hydrogen (secondary N) is 1. The van der Waals surface area contributed by atoms with E-state index in [9.17, 15) is 4.79 Å². The Balaban J connectivity index is 1.99. The maximum atomic E-state index is 12.0. The fraction of sp³-hybridized carbons (Fsp3) is 0.615. The zero-order valence-corrected chi connectivity index (χ0v) is 13.0. The number of piperazine rings is 1. The number of nitrogens with zero attached hydrogens (tertiary/aromatic N) is 1. The van der Waals surface area contributed by atoms with Gasteiger partial charge in [-0.2, -0.15) is 0 Å². The summed E-state index contributed by atoms with van der Waals surface area (Å²) >= 11 is 7.50. The molecule has 0 aliphatic carbocycles. The molecule has 1 aliphatic rings. The lowest BCUT2D eigenvalue weighted by molar-refractivity contribution is 0.0196. The minimum Gasteiger partial charge on any atom is -0.444 e. The van der Waals surface area contributed by atoms with E-state index < -0.39 is 5.60 Å². The van der Waals surface area contributed by atoms with Gasteiger partial charge in [0.15, 0.2) is 0 Å². The van der Waals surface area contributed by atoms with Gasteiger partial charge >= 0.3 is 6.09 Å². The number of hydrogen-bond donors (Lipinski definition) is 1. The van der Waals surface area contributed by atoms with Crippen LogP contribution in [0.3, 0.4) is 0 Å². The van der Waals surface area contributed by atoms with Gasteiger partial charge in [-0.3, -0.25) is 0 Å². The third-order valence-corrected chi connectivity index (χ3v) is 4.11. The van der Waals surface area contributed by atoms with E-state index >= 15 is 0 Å². The third kappa shape index (κ3) is 4.09. The molecule has 4 nitrogen and oxygen atoms in total. The van der Waals surface area contributed by atoms with Crippen molar-refractivity contribution >= 4 is 29.0 Å². The molecule has 1 aromatic rings. The minimum atomic E-state index is -0.455. The first-order valence-corrected chi connectivity index (χ1v) is 7.51. The molecule has 0 spiro atoms. The van der Waals surface area contributed by atoms with E-state index in [0.717, 1.165) is 15.8 Å². The molecular formula is C13H19ClN2O2S. The highest BCUT2D eigenvalue weighted by atomic mass is 35.5. The molecule has 1 amide bonds. The Morgan fingerprint density at radius 3 is 2.84 bits per heavy atom. The molecule has 106 valence electrons. The van der Waals surface area contributed by atoms with Gasteiger partial charge in [0.2, 0.25) is 0 Å². The quantitative estimate of drug-likeness (QED) is 0.865. The van der Waals surface area contributed by atoms with Crippen molar-refractivity contribution in [3.8, 4) is 0 Å². The Morgan fingerprint density at radius 2 is 2.26 bits per heavy atom. The average molecular weight is 303 g/mol. The second-order valence-corrected chi connectivity index (χ2v) is 7.32. The van der Waals surface area contributed by atoms with Crippen LogP contribution in [0.1, 0.15) is 31.7 Å². The molecule has 0 bridgehead atoms. The number of amides is 1. The highest BCUT2D eigenvalue weighted by Gasteiger charge is 2.28. The van der Waals surface area contributed by atoms with E-state index in [1.54, 1.807) is 16.2 Å². The van der Waals surface area contributed by atoms with Gasteiger partial charge in [-0.25, -0.2) is 4.79 Å². The van der Waals surface area contributed by atoms with Crippen LogP contribution in [-0.2, 0) is 4.74 Å². The van der Waals surface area contributed by atoms with Gasteiger partial charge in [-0.15, -0.1) is 11.3 Å². The van der Waals surface area contributed by atoms with E-state index in [1.165, 1.54) is 0 Å². The predicted octanol–water partition coefficient (Wildman–Crippen LogP) is 3.28. The second kappa shape index (κ2) is 5.69. The Morgan fingerprint density at radius 1 is 1.53 bits per heavy atom. The lowest BCUT2D eigenvalue weighted by Crippen LogP contribution is -2.49. The molecule has 2 heterocycles. The topological polar surface area (TPSA) is 41.6 Å². The van der Waals surface area contributed by atoms with Crippen molar-refractivity contribution in [2.24, 2.45) is 0 Å². The van der Waals surface area contributed by atoms with Crippen molar-refractivity contribution in [2.75, 3.05) is 19.6 Å². The summed E-state index contributed by atoms with van der Waals surface area (Å²) in [5.74, 6) is 0. The Labute approximate surface area is 122 Å². The molecule has 19 heavy (non-hydrogen) atoms. The molecule has 1 aliphatic heterocycles. The molecule has 0 radical (unpaired) electrons. The lowest BCUT2D eigenvalue weighted by Gasteiger charge is -2.34. The Hall–Kier alpha value is -0.780. The van der Waals surface area contributed by atoms with Gasteiger partial charge in [-0.1, -0.05) is 11.6 Å². The molecule has 6 heteroatoms. The SMILES string of the molecule is CC(C)(C)OC(=O)N1CCNC(c2ccc(Cl)s2)C1. The van der Waals surface area contributed by atoms with Crippen LogP contribution in [0.4, 0.5) is 4.79 Å². The number of halogens is 1. The fourth-order valence-electron chi connectivity index (χ4n) is 1.95. The fourth-order valence-corrected chi connectivity index (χ4v) is 3.08. The normalized spacial score (nSPS) is 20.4. The summed E-state index contributed by atoms with van der Waals surface area (Å²) in [5.41, 5.74) is -0.455. The number of ether oxygens (including phenoxy) is 1. The van der Waals surface area contributed by atoms with E-state index in [2.05, 4.69) is 5.32 Å². The molecule has 0 aromatic carbocycles. The molecular weight excluding hydrogens is 284 g/mol. The van der Waals surface area contributed by atoms with E-state index in [-0.39, 0.29) is 12.1 Å². The predicted molar refractivity (Wildman–Crippen MR) is 77.9 cm³/mol.